The van der Waals surface area contributed by atoms with E-state index in [1.165, 1.54) is 11.1 Å². The Labute approximate surface area is 110 Å². The molecule has 0 saturated heterocycles. The second kappa shape index (κ2) is 23.5. The van der Waals surface area contributed by atoms with E-state index in [4.69, 9.17) is 0 Å². The summed E-state index contributed by atoms with van der Waals surface area (Å²) >= 11 is 0. The Balaban J connectivity index is -0.000000107. The standard InChI is InChI=1S/C10H15.2C2H5.Zn/c1-5-10(4)8-6-7-9(2)3;2*1-2;/h5-8H,1H2,2-4H3;2*1H2,2H3;/q3*-1;. The molecule has 0 aromatic rings. The molecule has 0 nitrogen and oxygen atoms in total. The minimum Gasteiger partial charge on any atom is -0.346 e. The summed E-state index contributed by atoms with van der Waals surface area (Å²) in [6.45, 7) is 19.8. The van der Waals surface area contributed by atoms with Gasteiger partial charge in [0.05, 0.1) is 0 Å². The fraction of sp³-hybridized carbons (Fsp3) is 0.357. The smallest absolute Gasteiger partial charge is 0 e. The summed E-state index contributed by atoms with van der Waals surface area (Å²) in [5.74, 6) is 0. The van der Waals surface area contributed by atoms with Gasteiger partial charge in [-0.2, -0.15) is 19.4 Å². The molecule has 0 amide bonds. The first-order valence-electron chi connectivity index (χ1n) is 4.86. The summed E-state index contributed by atoms with van der Waals surface area (Å²) in [4.78, 5) is 0. The van der Waals surface area contributed by atoms with Gasteiger partial charge >= 0.3 is 0 Å². The van der Waals surface area contributed by atoms with Gasteiger partial charge in [-0.15, -0.1) is 13.0 Å². The minimum atomic E-state index is 0. The van der Waals surface area contributed by atoms with Crippen molar-refractivity contribution in [2.24, 2.45) is 0 Å². The molecule has 0 aliphatic heterocycles. The van der Waals surface area contributed by atoms with Crippen LogP contribution in [0, 0.1) is 20.8 Å². The monoisotopic (exact) mass is 257 g/mol. The van der Waals surface area contributed by atoms with E-state index in [2.05, 4.69) is 40.7 Å². The van der Waals surface area contributed by atoms with E-state index in [9.17, 15) is 0 Å². The van der Waals surface area contributed by atoms with Crippen LogP contribution >= 0.6 is 0 Å². The predicted molar refractivity (Wildman–Crippen MR) is 69.7 cm³/mol. The zero-order valence-electron chi connectivity index (χ0n) is 11.1. The van der Waals surface area contributed by atoms with E-state index in [1.54, 1.807) is 13.8 Å². The van der Waals surface area contributed by atoms with Crippen LogP contribution in [0.25, 0.3) is 0 Å². The molecule has 0 heterocycles. The van der Waals surface area contributed by atoms with Crippen molar-refractivity contribution in [2.75, 3.05) is 0 Å². The molecule has 1 heteroatoms. The van der Waals surface area contributed by atoms with E-state index in [1.807, 2.05) is 25.2 Å². The van der Waals surface area contributed by atoms with Crippen molar-refractivity contribution in [2.45, 2.75) is 34.6 Å². The summed E-state index contributed by atoms with van der Waals surface area (Å²) in [7, 11) is 0. The Morgan fingerprint density at radius 2 is 1.33 bits per heavy atom. The molecular formula is C14H25Zn-3. The maximum Gasteiger partial charge on any atom is 0 e. The van der Waals surface area contributed by atoms with Crippen LogP contribution < -0.4 is 0 Å². The van der Waals surface area contributed by atoms with Crippen LogP contribution in [0.5, 0.6) is 0 Å². The molecular weight excluding hydrogens is 234 g/mol. The Morgan fingerprint density at radius 1 is 0.933 bits per heavy atom. The number of rotatable bonds is 2. The fourth-order valence-corrected chi connectivity index (χ4v) is 0.460. The van der Waals surface area contributed by atoms with Crippen LogP contribution in [0.4, 0.5) is 0 Å². The molecule has 0 aromatic heterocycles. The van der Waals surface area contributed by atoms with Crippen LogP contribution in [0.2, 0.25) is 0 Å². The van der Waals surface area contributed by atoms with Crippen molar-refractivity contribution < 1.29 is 19.5 Å². The van der Waals surface area contributed by atoms with Crippen molar-refractivity contribution in [1.29, 1.82) is 0 Å². The third kappa shape index (κ3) is 31.6. The Hall–Kier alpha value is -0.287. The molecule has 0 aliphatic carbocycles. The average Bonchev–Trinajstić information content (AvgIpc) is 2.23. The zero-order valence-corrected chi connectivity index (χ0v) is 14.1. The third-order valence-electron chi connectivity index (χ3n) is 1.11. The van der Waals surface area contributed by atoms with Crippen molar-refractivity contribution >= 4 is 0 Å². The van der Waals surface area contributed by atoms with Gasteiger partial charge in [-0.3, -0.25) is 0 Å². The fourth-order valence-electron chi connectivity index (χ4n) is 0.460. The summed E-state index contributed by atoms with van der Waals surface area (Å²) in [5.41, 5.74) is 2.51. The van der Waals surface area contributed by atoms with E-state index in [-0.39, 0.29) is 19.5 Å². The van der Waals surface area contributed by atoms with Crippen molar-refractivity contribution in [3.8, 4) is 0 Å². The van der Waals surface area contributed by atoms with Gasteiger partial charge in [0.1, 0.15) is 0 Å². The van der Waals surface area contributed by atoms with E-state index in [0.29, 0.717) is 0 Å². The number of hydrogen-bond donors (Lipinski definition) is 0. The Kier molecular flexibility index (Phi) is 37.8. The molecule has 0 atom stereocenters. The van der Waals surface area contributed by atoms with Crippen molar-refractivity contribution in [3.63, 3.8) is 0 Å². The molecule has 0 N–H and O–H groups in total. The van der Waals surface area contributed by atoms with Gasteiger partial charge in [-0.1, -0.05) is 17.7 Å². The van der Waals surface area contributed by atoms with Crippen LogP contribution in [0.1, 0.15) is 34.6 Å². The summed E-state index contributed by atoms with van der Waals surface area (Å²) in [6, 6.07) is 0. The second-order valence-corrected chi connectivity index (χ2v) is 2.55. The first-order valence-corrected chi connectivity index (χ1v) is 4.86. The first kappa shape index (κ1) is 24.1. The van der Waals surface area contributed by atoms with Crippen LogP contribution in [-0.2, 0) is 19.5 Å². The number of allylic oxidation sites excluding steroid dienone is 6. The van der Waals surface area contributed by atoms with Gasteiger partial charge in [0.15, 0.2) is 0 Å². The molecule has 0 aliphatic rings. The van der Waals surface area contributed by atoms with Gasteiger partial charge in [-0.05, 0) is 13.8 Å². The molecule has 0 saturated carbocycles. The molecule has 15 heavy (non-hydrogen) atoms. The molecule has 0 spiro atoms. The van der Waals surface area contributed by atoms with E-state index < -0.39 is 0 Å². The van der Waals surface area contributed by atoms with Gasteiger partial charge in [-0.25, -0.2) is 13.0 Å². The van der Waals surface area contributed by atoms with Gasteiger partial charge in [0, 0.05) is 19.5 Å². The summed E-state index contributed by atoms with van der Waals surface area (Å²) < 4.78 is 0. The maximum absolute atomic E-state index is 3.65. The third-order valence-corrected chi connectivity index (χ3v) is 1.11. The predicted octanol–water partition coefficient (Wildman–Crippen LogP) is 4.97. The molecule has 0 unspecified atom stereocenters. The average molecular weight is 259 g/mol. The normalized spacial score (nSPS) is 8.87. The van der Waals surface area contributed by atoms with Gasteiger partial charge in [0.2, 0.25) is 0 Å². The number of hydrogen-bond acceptors (Lipinski definition) is 0. The summed E-state index contributed by atoms with van der Waals surface area (Å²) in [5, 5.41) is 0. The van der Waals surface area contributed by atoms with Crippen LogP contribution in [0.15, 0.2) is 35.5 Å². The first-order chi connectivity index (χ1) is 6.66. The zero-order chi connectivity index (χ0) is 12.0. The van der Waals surface area contributed by atoms with Crippen LogP contribution in [-0.4, -0.2) is 0 Å². The van der Waals surface area contributed by atoms with Crippen molar-refractivity contribution in [1.82, 2.24) is 0 Å². The topological polar surface area (TPSA) is 0 Å². The van der Waals surface area contributed by atoms with Crippen LogP contribution in [0.3, 0.4) is 0 Å². The Morgan fingerprint density at radius 3 is 1.60 bits per heavy atom. The van der Waals surface area contributed by atoms with Crippen molar-refractivity contribution in [3.05, 3.63) is 56.2 Å². The largest absolute Gasteiger partial charge is 0.346 e. The molecule has 0 aromatic carbocycles. The molecule has 0 bridgehead atoms. The minimum absolute atomic E-state index is 0. The maximum atomic E-state index is 3.65. The SMILES string of the molecule is [CH2-]C.[CH2-]C.[CH2-]C=C(C)C=CC=C(C)C.[Zn]. The molecule has 86 valence electrons. The second-order valence-electron chi connectivity index (χ2n) is 2.55. The molecule has 0 radical (unpaired) electrons. The summed E-state index contributed by atoms with van der Waals surface area (Å²) in [6.07, 6.45) is 7.99. The van der Waals surface area contributed by atoms with Gasteiger partial charge < -0.3 is 13.8 Å². The quantitative estimate of drug-likeness (QED) is 0.373. The van der Waals surface area contributed by atoms with E-state index in [0.717, 1.165) is 0 Å². The van der Waals surface area contributed by atoms with Gasteiger partial charge in [0.25, 0.3) is 0 Å². The molecule has 0 rings (SSSR count). The van der Waals surface area contributed by atoms with E-state index >= 15 is 0 Å². The molecule has 0 fully saturated rings. The Bertz CT molecular complexity index is 170.